The van der Waals surface area contributed by atoms with Crippen LogP contribution in [0.5, 0.6) is 0 Å². The van der Waals surface area contributed by atoms with Gasteiger partial charge in [-0.25, -0.2) is 0 Å². The molecule has 1 aliphatic heterocycles. The summed E-state index contributed by atoms with van der Waals surface area (Å²) in [5, 5.41) is 0. The van der Waals surface area contributed by atoms with Gasteiger partial charge in [0.2, 0.25) is 0 Å². The summed E-state index contributed by atoms with van der Waals surface area (Å²) in [6.07, 6.45) is 1.20. The molecule has 1 aliphatic rings. The quantitative estimate of drug-likeness (QED) is 0.885. The maximum atomic E-state index is 5.96. The van der Waals surface area contributed by atoms with Crippen LogP contribution in [0.15, 0.2) is 18.2 Å². The average molecular weight is 261 g/mol. The minimum atomic E-state index is 0.448. The van der Waals surface area contributed by atoms with Crippen LogP contribution in [-0.4, -0.2) is 43.7 Å². The van der Waals surface area contributed by atoms with Crippen molar-refractivity contribution < 1.29 is 0 Å². The van der Waals surface area contributed by atoms with Gasteiger partial charge in [-0.1, -0.05) is 18.2 Å². The summed E-state index contributed by atoms with van der Waals surface area (Å²) in [5.74, 6) is 0. The van der Waals surface area contributed by atoms with E-state index in [1.807, 2.05) is 0 Å². The van der Waals surface area contributed by atoms with Gasteiger partial charge < -0.3 is 15.5 Å². The molecule has 19 heavy (non-hydrogen) atoms. The molecule has 2 unspecified atom stereocenters. The number of hydrogen-bond acceptors (Lipinski definition) is 3. The molecule has 2 atom stereocenters. The first kappa shape index (κ1) is 14.4. The van der Waals surface area contributed by atoms with Gasteiger partial charge in [0.25, 0.3) is 0 Å². The predicted octanol–water partition coefficient (Wildman–Crippen LogP) is 2.16. The number of nitrogens with two attached hydrogens (primary N) is 1. The largest absolute Gasteiger partial charge is 0.367 e. The Balaban J connectivity index is 2.35. The average Bonchev–Trinajstić information content (AvgIpc) is 2.51. The van der Waals surface area contributed by atoms with Gasteiger partial charge in [0.15, 0.2) is 0 Å². The van der Waals surface area contributed by atoms with Gasteiger partial charge in [-0.3, -0.25) is 0 Å². The summed E-state index contributed by atoms with van der Waals surface area (Å²) in [6, 6.07) is 7.58. The second-order valence-corrected chi connectivity index (χ2v) is 5.90. The van der Waals surface area contributed by atoms with E-state index >= 15 is 0 Å². The van der Waals surface area contributed by atoms with Crippen molar-refractivity contribution in [2.75, 3.05) is 31.6 Å². The molecule has 1 heterocycles. The van der Waals surface area contributed by atoms with Crippen molar-refractivity contribution in [2.45, 2.75) is 39.3 Å². The smallest absolute Gasteiger partial charge is 0.0428 e. The van der Waals surface area contributed by atoms with Crippen molar-refractivity contribution >= 4 is 5.69 Å². The molecular weight excluding hydrogens is 234 g/mol. The van der Waals surface area contributed by atoms with E-state index in [1.54, 1.807) is 0 Å². The van der Waals surface area contributed by atoms with Crippen LogP contribution in [0, 0.1) is 13.8 Å². The molecule has 2 rings (SSSR count). The topological polar surface area (TPSA) is 32.5 Å². The Morgan fingerprint density at radius 3 is 2.47 bits per heavy atom. The standard InChI is InChI=1S/C16H27N3/c1-12-6-5-7-13(2)16(12)19-11-15(10-17)18(4)9-8-14(19)3/h5-7,14-15H,8-11,17H2,1-4H3. The van der Waals surface area contributed by atoms with Crippen molar-refractivity contribution in [1.82, 2.24) is 4.90 Å². The van der Waals surface area contributed by atoms with Gasteiger partial charge in [0.05, 0.1) is 0 Å². The zero-order valence-electron chi connectivity index (χ0n) is 12.7. The summed E-state index contributed by atoms with van der Waals surface area (Å²) in [6.45, 7) is 9.63. The van der Waals surface area contributed by atoms with E-state index in [4.69, 9.17) is 5.73 Å². The molecule has 0 aliphatic carbocycles. The maximum absolute atomic E-state index is 5.96. The van der Waals surface area contributed by atoms with E-state index < -0.39 is 0 Å². The first-order chi connectivity index (χ1) is 9.04. The second-order valence-electron chi connectivity index (χ2n) is 5.90. The number of nitrogens with zero attached hydrogens (tertiary/aromatic N) is 2. The number of likely N-dealkylation sites (N-methyl/N-ethyl adjacent to an activating group) is 1. The number of benzene rings is 1. The maximum Gasteiger partial charge on any atom is 0.0428 e. The molecule has 1 aromatic carbocycles. The first-order valence-corrected chi connectivity index (χ1v) is 7.27. The molecular formula is C16H27N3. The van der Waals surface area contributed by atoms with Gasteiger partial charge in [0.1, 0.15) is 0 Å². The number of aryl methyl sites for hydroxylation is 2. The molecule has 3 nitrogen and oxygen atoms in total. The Morgan fingerprint density at radius 2 is 1.89 bits per heavy atom. The monoisotopic (exact) mass is 261 g/mol. The first-order valence-electron chi connectivity index (χ1n) is 7.27. The summed E-state index contributed by atoms with van der Waals surface area (Å²) < 4.78 is 0. The molecule has 0 radical (unpaired) electrons. The summed E-state index contributed by atoms with van der Waals surface area (Å²) in [4.78, 5) is 4.97. The number of rotatable bonds is 2. The van der Waals surface area contributed by atoms with Crippen LogP contribution in [0.4, 0.5) is 5.69 Å². The fraction of sp³-hybridized carbons (Fsp3) is 0.625. The highest BCUT2D eigenvalue weighted by Crippen LogP contribution is 2.29. The fourth-order valence-corrected chi connectivity index (χ4v) is 3.10. The van der Waals surface area contributed by atoms with Crippen molar-refractivity contribution in [3.05, 3.63) is 29.3 Å². The third kappa shape index (κ3) is 2.93. The van der Waals surface area contributed by atoms with Crippen LogP contribution in [0.25, 0.3) is 0 Å². The van der Waals surface area contributed by atoms with E-state index in [1.165, 1.54) is 23.2 Å². The highest BCUT2D eigenvalue weighted by molar-refractivity contribution is 5.59. The molecule has 106 valence electrons. The van der Waals surface area contributed by atoms with Crippen molar-refractivity contribution in [1.29, 1.82) is 0 Å². The Kier molecular flexibility index (Phi) is 4.48. The molecule has 0 amide bonds. The SMILES string of the molecule is Cc1cccc(C)c1N1CC(CN)N(C)CCC1C. The number of para-hydroxylation sites is 1. The molecule has 0 aromatic heterocycles. The lowest BCUT2D eigenvalue weighted by atomic mass is 10.0. The predicted molar refractivity (Wildman–Crippen MR) is 82.8 cm³/mol. The van der Waals surface area contributed by atoms with Crippen molar-refractivity contribution in [3.63, 3.8) is 0 Å². The lowest BCUT2D eigenvalue weighted by molar-refractivity contribution is 0.265. The molecule has 2 N–H and O–H groups in total. The van der Waals surface area contributed by atoms with Gasteiger partial charge >= 0.3 is 0 Å². The molecule has 0 bridgehead atoms. The number of anilines is 1. The van der Waals surface area contributed by atoms with Gasteiger partial charge in [0, 0.05) is 37.4 Å². The Hall–Kier alpha value is -1.06. The normalized spacial score (nSPS) is 25.4. The van der Waals surface area contributed by atoms with Crippen molar-refractivity contribution in [3.8, 4) is 0 Å². The van der Waals surface area contributed by atoms with Crippen molar-refractivity contribution in [2.24, 2.45) is 5.73 Å². The van der Waals surface area contributed by atoms with Crippen LogP contribution in [-0.2, 0) is 0 Å². The minimum absolute atomic E-state index is 0.448. The number of hydrogen-bond donors (Lipinski definition) is 1. The van der Waals surface area contributed by atoms with Crippen LogP contribution >= 0.6 is 0 Å². The van der Waals surface area contributed by atoms with Gasteiger partial charge in [-0.05, 0) is 45.4 Å². The second kappa shape index (κ2) is 5.93. The molecule has 1 saturated heterocycles. The minimum Gasteiger partial charge on any atom is -0.367 e. The summed E-state index contributed by atoms with van der Waals surface area (Å²) >= 11 is 0. The molecule has 0 saturated carbocycles. The van der Waals surface area contributed by atoms with E-state index in [-0.39, 0.29) is 0 Å². The van der Waals surface area contributed by atoms with Crippen LogP contribution < -0.4 is 10.6 Å². The van der Waals surface area contributed by atoms with Crippen LogP contribution in [0.3, 0.4) is 0 Å². The third-order valence-electron chi connectivity index (χ3n) is 4.46. The Morgan fingerprint density at radius 1 is 1.26 bits per heavy atom. The van der Waals surface area contributed by atoms with Crippen LogP contribution in [0.1, 0.15) is 24.5 Å². The lowest BCUT2D eigenvalue weighted by Gasteiger charge is -2.34. The van der Waals surface area contributed by atoms with Gasteiger partial charge in [-0.2, -0.15) is 0 Å². The summed E-state index contributed by atoms with van der Waals surface area (Å²) in [7, 11) is 2.19. The van der Waals surface area contributed by atoms with Crippen LogP contribution in [0.2, 0.25) is 0 Å². The van der Waals surface area contributed by atoms with E-state index in [2.05, 4.69) is 55.8 Å². The Labute approximate surface area is 117 Å². The third-order valence-corrected chi connectivity index (χ3v) is 4.46. The fourth-order valence-electron chi connectivity index (χ4n) is 3.10. The molecule has 1 fully saturated rings. The lowest BCUT2D eigenvalue weighted by Crippen LogP contribution is -2.45. The Bertz CT molecular complexity index is 410. The van der Waals surface area contributed by atoms with Gasteiger partial charge in [-0.15, -0.1) is 0 Å². The van der Waals surface area contributed by atoms with E-state index in [9.17, 15) is 0 Å². The zero-order valence-corrected chi connectivity index (χ0v) is 12.7. The molecule has 0 spiro atoms. The highest BCUT2D eigenvalue weighted by Gasteiger charge is 2.27. The van der Waals surface area contributed by atoms with E-state index in [0.717, 1.165) is 19.6 Å². The van der Waals surface area contributed by atoms with E-state index in [0.29, 0.717) is 12.1 Å². The highest BCUT2D eigenvalue weighted by atomic mass is 15.3. The molecule has 3 heteroatoms. The zero-order chi connectivity index (χ0) is 14.0. The molecule has 1 aromatic rings. The summed E-state index contributed by atoms with van der Waals surface area (Å²) in [5.41, 5.74) is 10.1.